The molecular weight excluding hydrogens is 314 g/mol. The number of imidazole rings is 1. The summed E-state index contributed by atoms with van der Waals surface area (Å²) in [4.78, 5) is 24.1. The maximum absolute atomic E-state index is 4.46. The van der Waals surface area contributed by atoms with Gasteiger partial charge in [0.25, 0.3) is 0 Å². The number of aryl methyl sites for hydroxylation is 2. The third kappa shape index (κ3) is 3.35. The summed E-state index contributed by atoms with van der Waals surface area (Å²) in [6, 6.07) is 4.10. The predicted molar refractivity (Wildman–Crippen MR) is 95.0 cm³/mol. The molecule has 1 unspecified atom stereocenters. The molecule has 1 aliphatic rings. The number of hydrogen-bond donors (Lipinski definition) is 0. The SMILES string of the molecule is Cc1cc(N2CCC(Cc3cc(-c4nccn4C)ncn3)C2)ncn1. The van der Waals surface area contributed by atoms with Gasteiger partial charge >= 0.3 is 0 Å². The Hall–Kier alpha value is -2.83. The Morgan fingerprint density at radius 2 is 1.96 bits per heavy atom. The lowest BCUT2D eigenvalue weighted by molar-refractivity contribution is 0.576. The summed E-state index contributed by atoms with van der Waals surface area (Å²) in [6.07, 6.45) is 9.08. The average Bonchev–Trinajstić information content (AvgIpc) is 3.24. The first kappa shape index (κ1) is 15.7. The molecule has 4 heterocycles. The predicted octanol–water partition coefficient (Wildman–Crippen LogP) is 2.04. The summed E-state index contributed by atoms with van der Waals surface area (Å²) in [6.45, 7) is 4.02. The molecule has 0 radical (unpaired) electrons. The highest BCUT2D eigenvalue weighted by Gasteiger charge is 2.24. The molecule has 3 aromatic rings. The third-order valence-electron chi connectivity index (χ3n) is 4.67. The standard InChI is InChI=1S/C18H21N7/c1-13-7-17(23-11-20-13)25-5-3-14(10-25)8-15-9-16(22-12-21-15)18-19-4-6-24(18)2/h4,6-7,9,11-12,14H,3,5,8,10H2,1-2H3. The van der Waals surface area contributed by atoms with Gasteiger partial charge < -0.3 is 9.47 Å². The molecule has 0 N–H and O–H groups in total. The van der Waals surface area contributed by atoms with Crippen molar-refractivity contribution >= 4 is 5.82 Å². The van der Waals surface area contributed by atoms with E-state index in [1.807, 2.05) is 30.8 Å². The van der Waals surface area contributed by atoms with E-state index in [0.29, 0.717) is 5.92 Å². The summed E-state index contributed by atoms with van der Waals surface area (Å²) in [5.41, 5.74) is 2.95. The maximum Gasteiger partial charge on any atom is 0.158 e. The second kappa shape index (κ2) is 6.58. The maximum atomic E-state index is 4.46. The Balaban J connectivity index is 1.46. The molecule has 128 valence electrons. The molecule has 0 spiro atoms. The van der Waals surface area contributed by atoms with Crippen LogP contribution in [0.15, 0.2) is 37.2 Å². The van der Waals surface area contributed by atoms with E-state index < -0.39 is 0 Å². The fourth-order valence-electron chi connectivity index (χ4n) is 3.36. The molecule has 0 saturated carbocycles. The Kier molecular flexibility index (Phi) is 4.13. The zero-order valence-corrected chi connectivity index (χ0v) is 14.5. The van der Waals surface area contributed by atoms with E-state index in [4.69, 9.17) is 0 Å². The molecule has 0 aromatic carbocycles. The highest BCUT2D eigenvalue weighted by atomic mass is 15.2. The number of hydrogen-bond acceptors (Lipinski definition) is 6. The van der Waals surface area contributed by atoms with Crippen molar-refractivity contribution in [2.45, 2.75) is 19.8 Å². The molecule has 1 atom stereocenters. The summed E-state index contributed by atoms with van der Waals surface area (Å²) >= 11 is 0. The van der Waals surface area contributed by atoms with Crippen molar-refractivity contribution in [2.24, 2.45) is 13.0 Å². The van der Waals surface area contributed by atoms with Crippen LogP contribution in [0.5, 0.6) is 0 Å². The van der Waals surface area contributed by atoms with Crippen LogP contribution in [0.2, 0.25) is 0 Å². The van der Waals surface area contributed by atoms with Crippen LogP contribution in [0, 0.1) is 12.8 Å². The van der Waals surface area contributed by atoms with E-state index in [2.05, 4.69) is 35.9 Å². The first-order chi connectivity index (χ1) is 12.2. The molecule has 1 fully saturated rings. The van der Waals surface area contributed by atoms with Crippen LogP contribution in [0.25, 0.3) is 11.5 Å². The number of anilines is 1. The van der Waals surface area contributed by atoms with Gasteiger partial charge in [-0.1, -0.05) is 0 Å². The van der Waals surface area contributed by atoms with Gasteiger partial charge in [-0.25, -0.2) is 24.9 Å². The van der Waals surface area contributed by atoms with Gasteiger partial charge in [0.05, 0.1) is 0 Å². The van der Waals surface area contributed by atoms with Crippen molar-refractivity contribution in [3.05, 3.63) is 48.6 Å². The van der Waals surface area contributed by atoms with Gasteiger partial charge in [-0.15, -0.1) is 0 Å². The molecule has 3 aromatic heterocycles. The minimum Gasteiger partial charge on any atom is -0.356 e. The highest BCUT2D eigenvalue weighted by Crippen LogP contribution is 2.25. The summed E-state index contributed by atoms with van der Waals surface area (Å²) < 4.78 is 1.97. The topological polar surface area (TPSA) is 72.6 Å². The van der Waals surface area contributed by atoms with Gasteiger partial charge in [-0.3, -0.25) is 0 Å². The summed E-state index contributed by atoms with van der Waals surface area (Å²) in [5, 5.41) is 0. The van der Waals surface area contributed by atoms with E-state index in [1.54, 1.807) is 18.9 Å². The van der Waals surface area contributed by atoms with E-state index in [0.717, 1.165) is 54.7 Å². The lowest BCUT2D eigenvalue weighted by Gasteiger charge is -2.17. The fourth-order valence-corrected chi connectivity index (χ4v) is 3.36. The Labute approximate surface area is 146 Å². The Morgan fingerprint density at radius 1 is 1.08 bits per heavy atom. The largest absolute Gasteiger partial charge is 0.356 e. The van der Waals surface area contributed by atoms with Crippen LogP contribution in [-0.2, 0) is 13.5 Å². The first-order valence-electron chi connectivity index (χ1n) is 8.51. The van der Waals surface area contributed by atoms with Crippen LogP contribution in [0.3, 0.4) is 0 Å². The smallest absolute Gasteiger partial charge is 0.158 e. The number of rotatable bonds is 4. The van der Waals surface area contributed by atoms with Gasteiger partial charge in [-0.2, -0.15) is 0 Å². The normalized spacial score (nSPS) is 17.2. The summed E-state index contributed by atoms with van der Waals surface area (Å²) in [5.74, 6) is 2.46. The molecule has 0 bridgehead atoms. The van der Waals surface area contributed by atoms with Crippen LogP contribution < -0.4 is 4.90 Å². The van der Waals surface area contributed by atoms with Gasteiger partial charge in [-0.05, 0) is 31.7 Å². The zero-order valence-electron chi connectivity index (χ0n) is 14.5. The van der Waals surface area contributed by atoms with E-state index in [-0.39, 0.29) is 0 Å². The Morgan fingerprint density at radius 3 is 2.76 bits per heavy atom. The molecule has 0 amide bonds. The van der Waals surface area contributed by atoms with E-state index in [9.17, 15) is 0 Å². The molecule has 7 nitrogen and oxygen atoms in total. The van der Waals surface area contributed by atoms with Crippen LogP contribution in [-0.4, -0.2) is 42.6 Å². The van der Waals surface area contributed by atoms with Crippen LogP contribution >= 0.6 is 0 Å². The molecule has 1 saturated heterocycles. The summed E-state index contributed by atoms with van der Waals surface area (Å²) in [7, 11) is 1.97. The Bertz CT molecular complexity index is 873. The fraction of sp³-hybridized carbons (Fsp3) is 0.389. The number of nitrogens with zero attached hydrogens (tertiary/aromatic N) is 7. The minimum atomic E-state index is 0.569. The highest BCUT2D eigenvalue weighted by molar-refractivity contribution is 5.49. The lowest BCUT2D eigenvalue weighted by Crippen LogP contribution is -2.21. The van der Waals surface area contributed by atoms with Gasteiger partial charge in [0, 0.05) is 50.0 Å². The quantitative estimate of drug-likeness (QED) is 0.726. The van der Waals surface area contributed by atoms with Crippen LogP contribution in [0.4, 0.5) is 5.82 Å². The second-order valence-electron chi connectivity index (χ2n) is 6.58. The first-order valence-corrected chi connectivity index (χ1v) is 8.51. The van der Waals surface area contributed by atoms with Crippen molar-refractivity contribution in [1.29, 1.82) is 0 Å². The third-order valence-corrected chi connectivity index (χ3v) is 4.67. The monoisotopic (exact) mass is 335 g/mol. The number of aromatic nitrogens is 6. The van der Waals surface area contributed by atoms with Crippen LogP contribution in [0.1, 0.15) is 17.8 Å². The molecule has 25 heavy (non-hydrogen) atoms. The van der Waals surface area contributed by atoms with Crippen molar-refractivity contribution in [3.8, 4) is 11.5 Å². The van der Waals surface area contributed by atoms with Crippen molar-refractivity contribution in [2.75, 3.05) is 18.0 Å². The van der Waals surface area contributed by atoms with E-state index >= 15 is 0 Å². The second-order valence-corrected chi connectivity index (χ2v) is 6.58. The molecule has 4 rings (SSSR count). The van der Waals surface area contributed by atoms with Gasteiger partial charge in [0.15, 0.2) is 5.82 Å². The lowest BCUT2D eigenvalue weighted by atomic mass is 10.0. The zero-order chi connectivity index (χ0) is 17.2. The van der Waals surface area contributed by atoms with E-state index in [1.165, 1.54) is 0 Å². The molecule has 7 heteroatoms. The van der Waals surface area contributed by atoms with Gasteiger partial charge in [0.2, 0.25) is 0 Å². The molecule has 0 aliphatic carbocycles. The minimum absolute atomic E-state index is 0.569. The molecular formula is C18H21N7. The van der Waals surface area contributed by atoms with Gasteiger partial charge in [0.1, 0.15) is 24.2 Å². The average molecular weight is 335 g/mol. The van der Waals surface area contributed by atoms with Crippen molar-refractivity contribution < 1.29 is 0 Å². The van der Waals surface area contributed by atoms with Crippen molar-refractivity contribution in [1.82, 2.24) is 29.5 Å². The van der Waals surface area contributed by atoms with Crippen molar-refractivity contribution in [3.63, 3.8) is 0 Å². The molecule has 1 aliphatic heterocycles.